The van der Waals surface area contributed by atoms with Gasteiger partial charge in [0.25, 0.3) is 5.91 Å². The van der Waals surface area contributed by atoms with Gasteiger partial charge in [0.05, 0.1) is 22.2 Å². The summed E-state index contributed by atoms with van der Waals surface area (Å²) in [5.74, 6) is -4.70. The summed E-state index contributed by atoms with van der Waals surface area (Å²) in [4.78, 5) is 36.5. The molecule has 32 heavy (non-hydrogen) atoms. The summed E-state index contributed by atoms with van der Waals surface area (Å²) in [6, 6.07) is 6.01. The second kappa shape index (κ2) is 9.44. The summed E-state index contributed by atoms with van der Waals surface area (Å²) >= 11 is 17.8. The van der Waals surface area contributed by atoms with E-state index in [4.69, 9.17) is 34.8 Å². The van der Waals surface area contributed by atoms with E-state index in [-0.39, 0.29) is 28.4 Å². The Kier molecular flexibility index (Phi) is 7.07. The van der Waals surface area contributed by atoms with Crippen LogP contribution in [0.15, 0.2) is 43.0 Å². The molecule has 3 rings (SSSR count). The van der Waals surface area contributed by atoms with Gasteiger partial charge in [0.15, 0.2) is 5.82 Å². The molecule has 0 aromatic heterocycles. The Morgan fingerprint density at radius 2 is 1.81 bits per heavy atom. The molecule has 0 saturated heterocycles. The highest BCUT2D eigenvalue weighted by molar-refractivity contribution is 6.52. The second-order valence-corrected chi connectivity index (χ2v) is 8.93. The zero-order chi connectivity index (χ0) is 23.6. The maximum Gasteiger partial charge on any atom is 0.257 e. The van der Waals surface area contributed by atoms with Crippen molar-refractivity contribution in [1.29, 1.82) is 0 Å². The van der Waals surface area contributed by atoms with Crippen molar-refractivity contribution in [3.8, 4) is 0 Å². The molecule has 0 bridgehead atoms. The van der Waals surface area contributed by atoms with Crippen LogP contribution in [0, 0.1) is 17.6 Å². The molecule has 1 aliphatic carbocycles. The van der Waals surface area contributed by atoms with E-state index in [1.807, 2.05) is 0 Å². The predicted molar refractivity (Wildman–Crippen MR) is 120 cm³/mol. The number of anilines is 3. The lowest BCUT2D eigenvalue weighted by Crippen LogP contribution is -2.19. The molecule has 0 unspecified atom stereocenters. The first-order chi connectivity index (χ1) is 15.0. The number of alkyl halides is 2. The summed E-state index contributed by atoms with van der Waals surface area (Å²) < 4.78 is 27.6. The Morgan fingerprint density at radius 3 is 2.44 bits per heavy atom. The number of amides is 3. The van der Waals surface area contributed by atoms with Crippen LogP contribution in [0.25, 0.3) is 0 Å². The van der Waals surface area contributed by atoms with Gasteiger partial charge in [-0.3, -0.25) is 14.4 Å². The van der Waals surface area contributed by atoms with Crippen LogP contribution < -0.4 is 16.0 Å². The van der Waals surface area contributed by atoms with Gasteiger partial charge in [-0.15, -0.1) is 29.8 Å². The quantitative estimate of drug-likeness (QED) is 0.344. The lowest BCUT2D eigenvalue weighted by molar-refractivity contribution is -0.117. The van der Waals surface area contributed by atoms with Gasteiger partial charge in [0.1, 0.15) is 15.8 Å². The fourth-order valence-corrected chi connectivity index (χ4v) is 3.49. The number of hydrogen-bond acceptors (Lipinski definition) is 3. The van der Waals surface area contributed by atoms with Crippen molar-refractivity contribution in [2.45, 2.75) is 17.2 Å². The van der Waals surface area contributed by atoms with E-state index in [0.29, 0.717) is 6.42 Å². The smallest absolute Gasteiger partial charge is 0.257 e. The highest BCUT2D eigenvalue weighted by atomic mass is 35.5. The number of hydrogen-bond donors (Lipinski definition) is 3. The van der Waals surface area contributed by atoms with E-state index in [0.717, 1.165) is 12.1 Å². The molecule has 1 saturated carbocycles. The SMILES string of the molecule is C=CCC(=O)Nc1c(F)ccc(NC(=O)c2cc(NC(=O)[C@H]3CC3(Cl)Cl)ccc2Cl)c1F. The number of rotatable bonds is 7. The molecule has 0 aliphatic heterocycles. The number of carbonyl (C=O) groups excluding carboxylic acids is 3. The van der Waals surface area contributed by atoms with Crippen molar-refractivity contribution in [2.24, 2.45) is 5.92 Å². The number of carbonyl (C=O) groups is 3. The third-order valence-corrected chi connectivity index (χ3v) is 5.72. The van der Waals surface area contributed by atoms with Crippen LogP contribution in [0.3, 0.4) is 0 Å². The minimum atomic E-state index is -1.18. The van der Waals surface area contributed by atoms with Gasteiger partial charge in [-0.25, -0.2) is 8.78 Å². The molecule has 1 aliphatic rings. The standard InChI is InChI=1S/C21H16Cl3F2N3O3/c1-2-3-16(30)29-18-14(25)6-7-15(17(18)26)28-19(31)11-8-10(4-5-13(11)22)27-20(32)12-9-21(12,23)24/h2,4-8,12H,1,3,9H2,(H,27,32)(H,28,31)(H,29,30)/t12-/m1/s1. The molecule has 3 N–H and O–H groups in total. The van der Waals surface area contributed by atoms with Gasteiger partial charge < -0.3 is 16.0 Å². The largest absolute Gasteiger partial charge is 0.326 e. The van der Waals surface area contributed by atoms with E-state index >= 15 is 0 Å². The molecule has 2 aromatic rings. The normalized spacial score (nSPS) is 16.1. The molecule has 0 radical (unpaired) electrons. The van der Waals surface area contributed by atoms with Crippen molar-refractivity contribution in [3.05, 3.63) is 65.2 Å². The van der Waals surface area contributed by atoms with E-state index in [1.165, 1.54) is 24.3 Å². The zero-order valence-corrected chi connectivity index (χ0v) is 18.5. The van der Waals surface area contributed by atoms with E-state index in [2.05, 4.69) is 22.5 Å². The molecule has 3 amide bonds. The molecule has 1 fully saturated rings. The molecule has 6 nitrogen and oxygen atoms in total. The maximum absolute atomic E-state index is 14.7. The minimum absolute atomic E-state index is 0.0259. The average molecular weight is 503 g/mol. The Bertz CT molecular complexity index is 1120. The Labute approximate surface area is 196 Å². The van der Waals surface area contributed by atoms with Crippen molar-refractivity contribution in [3.63, 3.8) is 0 Å². The molecule has 0 spiro atoms. The third kappa shape index (κ3) is 5.38. The van der Waals surface area contributed by atoms with E-state index in [1.54, 1.807) is 0 Å². The van der Waals surface area contributed by atoms with Gasteiger partial charge in [-0.1, -0.05) is 17.7 Å². The van der Waals surface area contributed by atoms with E-state index < -0.39 is 45.3 Å². The van der Waals surface area contributed by atoms with Crippen LogP contribution in [0.5, 0.6) is 0 Å². The molecule has 1 atom stereocenters. The highest BCUT2D eigenvalue weighted by Crippen LogP contribution is 2.53. The molecular weight excluding hydrogens is 487 g/mol. The lowest BCUT2D eigenvalue weighted by Gasteiger charge is -2.13. The molecule has 0 heterocycles. The molecular formula is C21H16Cl3F2N3O3. The number of benzene rings is 2. The van der Waals surface area contributed by atoms with Crippen molar-refractivity contribution < 1.29 is 23.2 Å². The predicted octanol–water partition coefficient (Wildman–Crippen LogP) is 5.52. The van der Waals surface area contributed by atoms with Gasteiger partial charge in [0.2, 0.25) is 11.8 Å². The molecule has 2 aromatic carbocycles. The van der Waals surface area contributed by atoms with Crippen molar-refractivity contribution in [1.82, 2.24) is 0 Å². The molecule has 11 heteroatoms. The highest BCUT2D eigenvalue weighted by Gasteiger charge is 2.56. The Morgan fingerprint density at radius 1 is 1.12 bits per heavy atom. The lowest BCUT2D eigenvalue weighted by atomic mass is 10.1. The van der Waals surface area contributed by atoms with Crippen LogP contribution >= 0.6 is 34.8 Å². The third-order valence-electron chi connectivity index (χ3n) is 4.55. The topological polar surface area (TPSA) is 87.3 Å². The zero-order valence-electron chi connectivity index (χ0n) is 16.3. The Balaban J connectivity index is 1.79. The summed E-state index contributed by atoms with van der Waals surface area (Å²) in [5, 5.41) is 6.98. The summed E-state index contributed by atoms with van der Waals surface area (Å²) in [6.07, 6.45) is 1.42. The number of nitrogens with one attached hydrogen (secondary N) is 3. The van der Waals surface area contributed by atoms with Crippen molar-refractivity contribution >= 4 is 69.6 Å². The maximum atomic E-state index is 14.7. The Hall–Kier alpha value is -2.68. The van der Waals surface area contributed by atoms with Gasteiger partial charge in [-0.2, -0.15) is 0 Å². The van der Waals surface area contributed by atoms with Crippen molar-refractivity contribution in [2.75, 3.05) is 16.0 Å². The first-order valence-corrected chi connectivity index (χ1v) is 10.3. The van der Waals surface area contributed by atoms with E-state index in [9.17, 15) is 23.2 Å². The number of halogens is 5. The molecule has 168 valence electrons. The van der Waals surface area contributed by atoms with Gasteiger partial charge in [-0.05, 0) is 36.8 Å². The fraction of sp³-hybridized carbons (Fsp3) is 0.190. The second-order valence-electron chi connectivity index (χ2n) is 6.98. The first kappa shape index (κ1) is 24.0. The van der Waals surface area contributed by atoms with Crippen LogP contribution in [-0.4, -0.2) is 22.1 Å². The van der Waals surface area contributed by atoms with Crippen LogP contribution in [-0.2, 0) is 9.59 Å². The summed E-state index contributed by atoms with van der Waals surface area (Å²) in [7, 11) is 0. The average Bonchev–Trinajstić information content (AvgIpc) is 3.37. The van der Waals surface area contributed by atoms with Crippen LogP contribution in [0.4, 0.5) is 25.8 Å². The van der Waals surface area contributed by atoms with Crippen LogP contribution in [0.1, 0.15) is 23.2 Å². The van der Waals surface area contributed by atoms with Gasteiger partial charge >= 0.3 is 0 Å². The summed E-state index contributed by atoms with van der Waals surface area (Å²) in [5.41, 5.74) is -0.929. The fourth-order valence-electron chi connectivity index (χ4n) is 2.78. The van der Waals surface area contributed by atoms with Crippen LogP contribution in [0.2, 0.25) is 5.02 Å². The minimum Gasteiger partial charge on any atom is -0.326 e. The van der Waals surface area contributed by atoms with Gasteiger partial charge in [0, 0.05) is 12.1 Å². The summed E-state index contributed by atoms with van der Waals surface area (Å²) in [6.45, 7) is 3.37. The first-order valence-electron chi connectivity index (χ1n) is 9.22. The monoisotopic (exact) mass is 501 g/mol.